The molecule has 0 spiro atoms. The quantitative estimate of drug-likeness (QED) is 0.791. The third-order valence-corrected chi connectivity index (χ3v) is 3.95. The minimum Gasteiger partial charge on any atom is -0.384 e. The molecule has 1 aromatic heterocycles. The van der Waals surface area contributed by atoms with E-state index in [0.717, 1.165) is 38.0 Å². The second kappa shape index (κ2) is 4.57. The van der Waals surface area contributed by atoms with Crippen LogP contribution in [0.3, 0.4) is 0 Å². The average molecular weight is 246 g/mol. The van der Waals surface area contributed by atoms with Crippen LogP contribution in [-0.2, 0) is 11.3 Å². The van der Waals surface area contributed by atoms with Gasteiger partial charge in [0.1, 0.15) is 5.82 Å². The van der Waals surface area contributed by atoms with Crippen molar-refractivity contribution in [1.82, 2.24) is 15.2 Å². The van der Waals surface area contributed by atoms with Gasteiger partial charge in [0.2, 0.25) is 5.91 Å². The third kappa shape index (κ3) is 2.06. The third-order valence-electron chi connectivity index (χ3n) is 3.95. The minimum absolute atomic E-state index is 0.181. The van der Waals surface area contributed by atoms with Gasteiger partial charge >= 0.3 is 0 Å². The maximum Gasteiger partial charge on any atom is 0.224 e. The van der Waals surface area contributed by atoms with Crippen LogP contribution in [0, 0.1) is 5.92 Å². The Kier molecular flexibility index (Phi) is 2.91. The lowest BCUT2D eigenvalue weighted by molar-refractivity contribution is -0.124. The molecule has 3 N–H and O–H groups in total. The van der Waals surface area contributed by atoms with E-state index in [1.54, 1.807) is 0 Å². The molecule has 2 aliphatic heterocycles. The number of anilines is 1. The number of aromatic nitrogens is 1. The molecular formula is C13H18N4O. The minimum atomic E-state index is 0.181. The monoisotopic (exact) mass is 246 g/mol. The predicted molar refractivity (Wildman–Crippen MR) is 68.6 cm³/mol. The van der Waals surface area contributed by atoms with Gasteiger partial charge in [-0.25, -0.2) is 4.98 Å². The molecule has 5 nitrogen and oxygen atoms in total. The van der Waals surface area contributed by atoms with Gasteiger partial charge in [-0.05, 0) is 31.0 Å². The lowest BCUT2D eigenvalue weighted by Crippen LogP contribution is -2.44. The van der Waals surface area contributed by atoms with E-state index in [9.17, 15) is 4.79 Å². The van der Waals surface area contributed by atoms with Gasteiger partial charge in [-0.1, -0.05) is 6.07 Å². The average Bonchev–Trinajstić information content (AvgIpc) is 2.76. The number of rotatable bonds is 2. The predicted octanol–water partition coefficient (Wildman–Crippen LogP) is 0.374. The summed E-state index contributed by atoms with van der Waals surface area (Å²) in [6.45, 7) is 2.69. The largest absolute Gasteiger partial charge is 0.384 e. The topological polar surface area (TPSA) is 71.2 Å². The van der Waals surface area contributed by atoms with E-state index >= 15 is 0 Å². The maximum atomic E-state index is 11.7. The molecule has 0 bridgehead atoms. The molecule has 18 heavy (non-hydrogen) atoms. The van der Waals surface area contributed by atoms with Crippen LogP contribution in [0.1, 0.15) is 18.4 Å². The summed E-state index contributed by atoms with van der Waals surface area (Å²) in [5.74, 6) is 0.952. The first-order valence-electron chi connectivity index (χ1n) is 6.46. The van der Waals surface area contributed by atoms with Gasteiger partial charge in [0.25, 0.3) is 0 Å². The first-order chi connectivity index (χ1) is 8.74. The summed E-state index contributed by atoms with van der Waals surface area (Å²) < 4.78 is 0. The zero-order chi connectivity index (χ0) is 12.5. The number of nitrogens with zero attached hydrogens (tertiary/aromatic N) is 2. The van der Waals surface area contributed by atoms with Gasteiger partial charge < -0.3 is 11.1 Å². The molecule has 0 aliphatic carbocycles. The Bertz CT molecular complexity index is 445. The van der Waals surface area contributed by atoms with Crippen molar-refractivity contribution in [2.24, 2.45) is 5.92 Å². The summed E-state index contributed by atoms with van der Waals surface area (Å²) >= 11 is 0. The van der Waals surface area contributed by atoms with Gasteiger partial charge in [-0.2, -0.15) is 0 Å². The van der Waals surface area contributed by atoms with Gasteiger partial charge in [0, 0.05) is 25.3 Å². The normalized spacial score (nSPS) is 27.9. The molecule has 1 aromatic rings. The Morgan fingerprint density at radius 3 is 3.17 bits per heavy atom. The number of amides is 1. The smallest absolute Gasteiger partial charge is 0.224 e. The van der Waals surface area contributed by atoms with E-state index in [2.05, 4.69) is 15.2 Å². The standard InChI is InChI=1S/C13H18N4O/c14-12-4-3-9(6-15-12)8-17-5-1-2-10-11(17)7-16-13(10)18/h3-4,6,10-11H,1-2,5,7-8H2,(H2,14,15)(H,16,18). The second-order valence-electron chi connectivity index (χ2n) is 5.12. The molecule has 2 aliphatic rings. The summed E-state index contributed by atoms with van der Waals surface area (Å²) in [4.78, 5) is 18.2. The molecule has 0 radical (unpaired) electrons. The van der Waals surface area contributed by atoms with E-state index in [1.807, 2.05) is 18.3 Å². The molecule has 3 rings (SSSR count). The zero-order valence-corrected chi connectivity index (χ0v) is 10.3. The van der Waals surface area contributed by atoms with Crippen molar-refractivity contribution in [3.8, 4) is 0 Å². The van der Waals surface area contributed by atoms with E-state index in [0.29, 0.717) is 11.9 Å². The van der Waals surface area contributed by atoms with Crippen LogP contribution in [0.25, 0.3) is 0 Å². The number of pyridine rings is 1. The second-order valence-corrected chi connectivity index (χ2v) is 5.12. The van der Waals surface area contributed by atoms with Crippen LogP contribution in [0.2, 0.25) is 0 Å². The van der Waals surface area contributed by atoms with Gasteiger partial charge in [0.05, 0.1) is 5.92 Å². The van der Waals surface area contributed by atoms with Crippen LogP contribution < -0.4 is 11.1 Å². The number of nitrogen functional groups attached to an aromatic ring is 1. The molecule has 2 unspecified atom stereocenters. The molecule has 0 aromatic carbocycles. The lowest BCUT2D eigenvalue weighted by Gasteiger charge is -2.35. The molecule has 3 heterocycles. The molecule has 0 saturated carbocycles. The number of piperidine rings is 1. The summed E-state index contributed by atoms with van der Waals surface area (Å²) in [6, 6.07) is 4.19. The van der Waals surface area contributed by atoms with Gasteiger partial charge in [0.15, 0.2) is 0 Å². The maximum absolute atomic E-state index is 11.7. The van der Waals surface area contributed by atoms with Crippen molar-refractivity contribution in [2.75, 3.05) is 18.8 Å². The van der Waals surface area contributed by atoms with Crippen LogP contribution >= 0.6 is 0 Å². The van der Waals surface area contributed by atoms with E-state index in [-0.39, 0.29) is 11.8 Å². The number of nitrogens with two attached hydrogens (primary N) is 1. The molecule has 96 valence electrons. The Hall–Kier alpha value is -1.62. The van der Waals surface area contributed by atoms with E-state index in [4.69, 9.17) is 5.73 Å². The Balaban J connectivity index is 1.72. The SMILES string of the molecule is Nc1ccc(CN2CCCC3C(=O)NCC32)cn1. The van der Waals surface area contributed by atoms with Crippen molar-refractivity contribution in [3.63, 3.8) is 0 Å². The fourth-order valence-electron chi connectivity index (χ4n) is 3.00. The highest BCUT2D eigenvalue weighted by molar-refractivity contribution is 5.82. The fourth-order valence-corrected chi connectivity index (χ4v) is 3.00. The van der Waals surface area contributed by atoms with Crippen molar-refractivity contribution in [2.45, 2.75) is 25.4 Å². The van der Waals surface area contributed by atoms with Crippen molar-refractivity contribution < 1.29 is 4.79 Å². The zero-order valence-electron chi connectivity index (χ0n) is 10.3. The summed E-state index contributed by atoms with van der Waals surface area (Å²) in [5.41, 5.74) is 6.74. The first kappa shape index (κ1) is 11.5. The molecule has 1 amide bonds. The fraction of sp³-hybridized carbons (Fsp3) is 0.538. The number of carbonyl (C=O) groups is 1. The number of fused-ring (bicyclic) bond motifs is 1. The van der Waals surface area contributed by atoms with E-state index in [1.165, 1.54) is 0 Å². The Morgan fingerprint density at radius 2 is 2.39 bits per heavy atom. The molecule has 2 saturated heterocycles. The molecule has 2 fully saturated rings. The van der Waals surface area contributed by atoms with Crippen molar-refractivity contribution in [3.05, 3.63) is 23.9 Å². The van der Waals surface area contributed by atoms with Crippen LogP contribution in [0.15, 0.2) is 18.3 Å². The molecule has 5 heteroatoms. The molecular weight excluding hydrogens is 228 g/mol. The Morgan fingerprint density at radius 1 is 1.50 bits per heavy atom. The summed E-state index contributed by atoms with van der Waals surface area (Å²) in [5, 5.41) is 2.97. The highest BCUT2D eigenvalue weighted by Gasteiger charge is 2.40. The van der Waals surface area contributed by atoms with Gasteiger partial charge in [-0.15, -0.1) is 0 Å². The number of likely N-dealkylation sites (tertiary alicyclic amines) is 1. The highest BCUT2D eigenvalue weighted by Crippen LogP contribution is 2.28. The van der Waals surface area contributed by atoms with Crippen LogP contribution in [-0.4, -0.2) is 34.9 Å². The number of hydrogen-bond acceptors (Lipinski definition) is 4. The van der Waals surface area contributed by atoms with E-state index < -0.39 is 0 Å². The van der Waals surface area contributed by atoms with Crippen molar-refractivity contribution >= 4 is 11.7 Å². The van der Waals surface area contributed by atoms with Crippen LogP contribution in [0.5, 0.6) is 0 Å². The molecule has 2 atom stereocenters. The number of hydrogen-bond donors (Lipinski definition) is 2. The number of nitrogens with one attached hydrogen (secondary N) is 1. The summed E-state index contributed by atoms with van der Waals surface area (Å²) in [6.07, 6.45) is 3.94. The lowest BCUT2D eigenvalue weighted by atomic mass is 9.91. The Labute approximate surface area is 106 Å². The summed E-state index contributed by atoms with van der Waals surface area (Å²) in [7, 11) is 0. The van der Waals surface area contributed by atoms with Gasteiger partial charge in [-0.3, -0.25) is 9.69 Å². The first-order valence-corrected chi connectivity index (χ1v) is 6.46. The number of carbonyl (C=O) groups excluding carboxylic acids is 1. The van der Waals surface area contributed by atoms with Crippen LogP contribution in [0.4, 0.5) is 5.82 Å². The highest BCUT2D eigenvalue weighted by atomic mass is 16.2. The van der Waals surface area contributed by atoms with Crippen molar-refractivity contribution in [1.29, 1.82) is 0 Å².